The van der Waals surface area contributed by atoms with Crippen molar-refractivity contribution >= 4 is 0 Å². The summed E-state index contributed by atoms with van der Waals surface area (Å²) < 4.78 is 17.0. The maximum atomic E-state index is 11.9. The monoisotopic (exact) mass is 197 g/mol. The molecule has 0 aliphatic heterocycles. The molecule has 0 heterocycles. The minimum absolute atomic E-state index is 0.177. The number of benzene rings is 1. The molecular formula is C11H16FNO. The molecule has 1 aromatic rings. The number of hydrogen-bond donors (Lipinski definition) is 1. The van der Waals surface area contributed by atoms with Crippen molar-refractivity contribution in [2.24, 2.45) is 0 Å². The fourth-order valence-electron chi connectivity index (χ4n) is 1.28. The van der Waals surface area contributed by atoms with Gasteiger partial charge in [0, 0.05) is 12.6 Å². The van der Waals surface area contributed by atoms with Crippen LogP contribution in [-0.2, 0) is 0 Å². The minimum atomic E-state index is -0.333. The first-order valence-electron chi connectivity index (χ1n) is 4.71. The van der Waals surface area contributed by atoms with Crippen LogP contribution in [0, 0.1) is 0 Å². The normalized spacial score (nSPS) is 12.5. The summed E-state index contributed by atoms with van der Waals surface area (Å²) in [5.41, 5.74) is 1.14. The molecular weight excluding hydrogens is 181 g/mol. The minimum Gasteiger partial charge on any atom is -0.497 e. The highest BCUT2D eigenvalue weighted by Gasteiger charge is 2.03. The summed E-state index contributed by atoms with van der Waals surface area (Å²) in [6.45, 7) is 2.07. The maximum Gasteiger partial charge on any atom is 0.118 e. The van der Waals surface area contributed by atoms with Crippen molar-refractivity contribution < 1.29 is 9.13 Å². The second kappa shape index (κ2) is 5.60. The Morgan fingerprint density at radius 2 is 2.00 bits per heavy atom. The van der Waals surface area contributed by atoms with Crippen LogP contribution in [0.2, 0.25) is 0 Å². The van der Waals surface area contributed by atoms with Gasteiger partial charge in [-0.25, -0.2) is 4.39 Å². The topological polar surface area (TPSA) is 21.3 Å². The Labute approximate surface area is 84.1 Å². The van der Waals surface area contributed by atoms with Crippen molar-refractivity contribution in [3.63, 3.8) is 0 Å². The lowest BCUT2D eigenvalue weighted by atomic mass is 10.1. The van der Waals surface area contributed by atoms with Crippen LogP contribution in [0.4, 0.5) is 4.39 Å². The Kier molecular flexibility index (Phi) is 4.40. The first kappa shape index (κ1) is 11.0. The summed E-state index contributed by atoms with van der Waals surface area (Å²) in [4.78, 5) is 0. The molecule has 14 heavy (non-hydrogen) atoms. The zero-order valence-corrected chi connectivity index (χ0v) is 8.59. The molecule has 2 nitrogen and oxygen atoms in total. The summed E-state index contributed by atoms with van der Waals surface area (Å²) in [7, 11) is 1.64. The molecule has 1 atom stereocenters. The molecule has 0 bridgehead atoms. The van der Waals surface area contributed by atoms with Crippen LogP contribution in [-0.4, -0.2) is 20.3 Å². The smallest absolute Gasteiger partial charge is 0.118 e. The number of nitrogens with one attached hydrogen (secondary N) is 1. The Balaban J connectivity index is 2.57. The number of rotatable bonds is 5. The van der Waals surface area contributed by atoms with E-state index in [0.717, 1.165) is 11.3 Å². The van der Waals surface area contributed by atoms with E-state index in [4.69, 9.17) is 4.74 Å². The predicted molar refractivity (Wildman–Crippen MR) is 55.4 cm³/mol. The molecule has 78 valence electrons. The lowest BCUT2D eigenvalue weighted by Gasteiger charge is -2.13. The van der Waals surface area contributed by atoms with Crippen LogP contribution in [0.25, 0.3) is 0 Å². The molecule has 1 rings (SSSR count). The predicted octanol–water partition coefficient (Wildman–Crippen LogP) is 2.32. The second-order valence-electron chi connectivity index (χ2n) is 3.14. The molecule has 1 unspecified atom stereocenters. The van der Waals surface area contributed by atoms with E-state index in [9.17, 15) is 4.39 Å². The zero-order chi connectivity index (χ0) is 10.4. The maximum absolute atomic E-state index is 11.9. The SMILES string of the molecule is COc1ccc(C(C)NCCF)cc1. The van der Waals surface area contributed by atoms with Gasteiger partial charge in [-0.3, -0.25) is 0 Å². The van der Waals surface area contributed by atoms with Crippen molar-refractivity contribution in [1.29, 1.82) is 0 Å². The Morgan fingerprint density at radius 3 is 2.50 bits per heavy atom. The van der Waals surface area contributed by atoms with E-state index in [0.29, 0.717) is 6.54 Å². The van der Waals surface area contributed by atoms with Crippen LogP contribution in [0.1, 0.15) is 18.5 Å². The molecule has 0 amide bonds. The summed E-state index contributed by atoms with van der Waals surface area (Å²) in [5, 5.41) is 3.07. The van der Waals surface area contributed by atoms with Gasteiger partial charge in [-0.1, -0.05) is 12.1 Å². The van der Waals surface area contributed by atoms with Gasteiger partial charge in [0.1, 0.15) is 12.4 Å². The lowest BCUT2D eigenvalue weighted by Crippen LogP contribution is -2.20. The molecule has 0 fully saturated rings. The summed E-state index contributed by atoms with van der Waals surface area (Å²) in [6.07, 6.45) is 0. The number of alkyl halides is 1. The highest BCUT2D eigenvalue weighted by molar-refractivity contribution is 5.28. The van der Waals surface area contributed by atoms with Crippen LogP contribution < -0.4 is 10.1 Å². The average molecular weight is 197 g/mol. The van der Waals surface area contributed by atoms with E-state index >= 15 is 0 Å². The lowest BCUT2D eigenvalue weighted by molar-refractivity contribution is 0.414. The Hall–Kier alpha value is -1.09. The fraction of sp³-hybridized carbons (Fsp3) is 0.455. The van der Waals surface area contributed by atoms with Crippen molar-refractivity contribution in [2.75, 3.05) is 20.3 Å². The van der Waals surface area contributed by atoms with Gasteiger partial charge in [0.2, 0.25) is 0 Å². The average Bonchev–Trinajstić information content (AvgIpc) is 2.26. The molecule has 1 aromatic carbocycles. The third-order valence-electron chi connectivity index (χ3n) is 2.16. The van der Waals surface area contributed by atoms with Crippen LogP contribution in [0.15, 0.2) is 24.3 Å². The van der Waals surface area contributed by atoms with Crippen LogP contribution in [0.3, 0.4) is 0 Å². The fourth-order valence-corrected chi connectivity index (χ4v) is 1.28. The molecule has 0 saturated carbocycles. The van der Waals surface area contributed by atoms with Gasteiger partial charge in [0.15, 0.2) is 0 Å². The molecule has 0 radical (unpaired) electrons. The van der Waals surface area contributed by atoms with Gasteiger partial charge in [-0.15, -0.1) is 0 Å². The molecule has 3 heteroatoms. The van der Waals surface area contributed by atoms with Gasteiger partial charge >= 0.3 is 0 Å². The number of methoxy groups -OCH3 is 1. The van der Waals surface area contributed by atoms with E-state index in [1.54, 1.807) is 7.11 Å². The first-order chi connectivity index (χ1) is 6.77. The largest absolute Gasteiger partial charge is 0.497 e. The number of halogens is 1. The van der Waals surface area contributed by atoms with Crippen molar-refractivity contribution in [3.8, 4) is 5.75 Å². The van der Waals surface area contributed by atoms with Crippen LogP contribution in [0.5, 0.6) is 5.75 Å². The van der Waals surface area contributed by atoms with E-state index in [-0.39, 0.29) is 12.7 Å². The second-order valence-corrected chi connectivity index (χ2v) is 3.14. The van der Waals surface area contributed by atoms with Crippen molar-refractivity contribution in [3.05, 3.63) is 29.8 Å². The van der Waals surface area contributed by atoms with Gasteiger partial charge in [-0.2, -0.15) is 0 Å². The number of ether oxygens (including phenoxy) is 1. The molecule has 0 saturated heterocycles. The number of hydrogen-bond acceptors (Lipinski definition) is 2. The highest BCUT2D eigenvalue weighted by atomic mass is 19.1. The molecule has 0 spiro atoms. The van der Waals surface area contributed by atoms with Gasteiger partial charge in [-0.05, 0) is 24.6 Å². The van der Waals surface area contributed by atoms with Crippen molar-refractivity contribution in [2.45, 2.75) is 13.0 Å². The van der Waals surface area contributed by atoms with Gasteiger partial charge in [0.25, 0.3) is 0 Å². The zero-order valence-electron chi connectivity index (χ0n) is 8.59. The van der Waals surface area contributed by atoms with Crippen LogP contribution >= 0.6 is 0 Å². The highest BCUT2D eigenvalue weighted by Crippen LogP contribution is 2.16. The Bertz CT molecular complexity index is 260. The summed E-state index contributed by atoms with van der Waals surface area (Å²) in [5.74, 6) is 0.839. The summed E-state index contributed by atoms with van der Waals surface area (Å²) in [6, 6.07) is 7.95. The molecule has 0 aliphatic rings. The standard InChI is InChI=1S/C11H16FNO/c1-9(13-8-7-12)10-3-5-11(14-2)6-4-10/h3-6,9,13H,7-8H2,1-2H3. The van der Waals surface area contributed by atoms with E-state index in [1.165, 1.54) is 0 Å². The van der Waals surface area contributed by atoms with Gasteiger partial charge < -0.3 is 10.1 Å². The Morgan fingerprint density at radius 1 is 1.36 bits per heavy atom. The van der Waals surface area contributed by atoms with E-state index < -0.39 is 0 Å². The molecule has 0 aliphatic carbocycles. The first-order valence-corrected chi connectivity index (χ1v) is 4.71. The molecule has 0 aromatic heterocycles. The van der Waals surface area contributed by atoms with Crippen molar-refractivity contribution in [1.82, 2.24) is 5.32 Å². The summed E-state index contributed by atoms with van der Waals surface area (Å²) >= 11 is 0. The molecule has 1 N–H and O–H groups in total. The third-order valence-corrected chi connectivity index (χ3v) is 2.16. The van der Waals surface area contributed by atoms with E-state index in [1.807, 2.05) is 31.2 Å². The quantitative estimate of drug-likeness (QED) is 0.782. The van der Waals surface area contributed by atoms with E-state index in [2.05, 4.69) is 5.32 Å². The third kappa shape index (κ3) is 3.00. The van der Waals surface area contributed by atoms with Gasteiger partial charge in [0.05, 0.1) is 7.11 Å².